The predicted molar refractivity (Wildman–Crippen MR) is 104 cm³/mol. The smallest absolute Gasteiger partial charge is 0.253 e. The molecule has 5 nitrogen and oxygen atoms in total. The van der Waals surface area contributed by atoms with Crippen molar-refractivity contribution in [2.45, 2.75) is 26.3 Å². The van der Waals surface area contributed by atoms with Gasteiger partial charge < -0.3 is 15.0 Å². The summed E-state index contributed by atoms with van der Waals surface area (Å²) in [6.07, 6.45) is 1.20. The first-order valence-corrected chi connectivity index (χ1v) is 9.37. The van der Waals surface area contributed by atoms with Crippen molar-refractivity contribution in [3.05, 3.63) is 65.5 Å². The molecular formula is C22H25FN2O3. The van der Waals surface area contributed by atoms with Crippen LogP contribution < -0.4 is 10.1 Å². The normalized spacial score (nSPS) is 15.8. The van der Waals surface area contributed by atoms with Gasteiger partial charge in [-0.3, -0.25) is 9.59 Å². The summed E-state index contributed by atoms with van der Waals surface area (Å²) in [5, 5.41) is 2.94. The average molecular weight is 384 g/mol. The number of methoxy groups -OCH3 is 1. The van der Waals surface area contributed by atoms with Gasteiger partial charge in [-0.1, -0.05) is 19.1 Å². The number of carbonyl (C=O) groups excluding carboxylic acids is 2. The van der Waals surface area contributed by atoms with Crippen LogP contribution in [0.4, 0.5) is 4.39 Å². The van der Waals surface area contributed by atoms with Crippen LogP contribution in [0.25, 0.3) is 0 Å². The third-order valence-corrected chi connectivity index (χ3v) is 5.41. The summed E-state index contributed by atoms with van der Waals surface area (Å²) < 4.78 is 18.1. The van der Waals surface area contributed by atoms with Crippen molar-refractivity contribution in [3.8, 4) is 5.75 Å². The molecule has 1 aliphatic heterocycles. The first-order chi connectivity index (χ1) is 13.4. The van der Waals surface area contributed by atoms with E-state index in [1.807, 2.05) is 6.92 Å². The second kappa shape index (κ2) is 8.42. The molecule has 2 amide bonds. The summed E-state index contributed by atoms with van der Waals surface area (Å²) in [5.74, 6) is 0.348. The van der Waals surface area contributed by atoms with Crippen LogP contribution in [0.3, 0.4) is 0 Å². The molecule has 2 aromatic rings. The van der Waals surface area contributed by atoms with Crippen molar-refractivity contribution in [3.63, 3.8) is 0 Å². The fourth-order valence-electron chi connectivity index (χ4n) is 3.34. The molecule has 1 N–H and O–H groups in total. The number of nitrogens with one attached hydrogen (secondary N) is 1. The summed E-state index contributed by atoms with van der Waals surface area (Å²) in [7, 11) is 1.59. The molecular weight excluding hydrogens is 359 g/mol. The van der Waals surface area contributed by atoms with Gasteiger partial charge in [0.15, 0.2) is 0 Å². The molecule has 0 aliphatic carbocycles. The van der Waals surface area contributed by atoms with Crippen molar-refractivity contribution in [2.75, 3.05) is 20.2 Å². The summed E-state index contributed by atoms with van der Waals surface area (Å²) in [6.45, 7) is 3.36. The number of benzene rings is 2. The van der Waals surface area contributed by atoms with Crippen LogP contribution in [0.1, 0.15) is 35.7 Å². The van der Waals surface area contributed by atoms with Crippen LogP contribution in [0.5, 0.6) is 5.75 Å². The minimum atomic E-state index is -0.517. The maximum Gasteiger partial charge on any atom is 0.253 e. The molecule has 28 heavy (non-hydrogen) atoms. The molecule has 0 unspecified atom stereocenters. The molecule has 0 bridgehead atoms. The summed E-state index contributed by atoms with van der Waals surface area (Å²) in [6, 6.07) is 13.1. The predicted octanol–water partition coefficient (Wildman–Crippen LogP) is 3.39. The summed E-state index contributed by atoms with van der Waals surface area (Å²) >= 11 is 0. The van der Waals surface area contributed by atoms with Crippen molar-refractivity contribution in [1.82, 2.24) is 10.2 Å². The van der Waals surface area contributed by atoms with Gasteiger partial charge in [-0.2, -0.15) is 0 Å². The lowest BCUT2D eigenvalue weighted by molar-refractivity contribution is -0.132. The summed E-state index contributed by atoms with van der Waals surface area (Å²) in [5.41, 5.74) is 0.951. The second-order valence-corrected chi connectivity index (χ2v) is 7.39. The molecule has 1 saturated heterocycles. The fraction of sp³-hybridized carbons (Fsp3) is 0.364. The van der Waals surface area contributed by atoms with Crippen LogP contribution >= 0.6 is 0 Å². The molecule has 148 valence electrons. The SMILES string of the molecule is COc1ccc(C(=O)N2CCC(C)(C(=O)NCc3ccc(F)cc3)CC2)cc1. The molecule has 3 rings (SSSR count). The van der Waals surface area contributed by atoms with E-state index in [-0.39, 0.29) is 17.6 Å². The molecule has 0 atom stereocenters. The maximum absolute atomic E-state index is 13.0. The minimum absolute atomic E-state index is 0.0311. The minimum Gasteiger partial charge on any atom is -0.497 e. The van der Waals surface area contributed by atoms with Gasteiger partial charge in [0.25, 0.3) is 5.91 Å². The topological polar surface area (TPSA) is 58.6 Å². The average Bonchev–Trinajstić information content (AvgIpc) is 2.73. The van der Waals surface area contributed by atoms with E-state index in [1.165, 1.54) is 12.1 Å². The zero-order chi connectivity index (χ0) is 20.1. The van der Waals surface area contributed by atoms with Gasteiger partial charge in [0.2, 0.25) is 5.91 Å². The Morgan fingerprint density at radius 3 is 2.25 bits per heavy atom. The van der Waals surface area contributed by atoms with E-state index in [2.05, 4.69) is 5.32 Å². The van der Waals surface area contributed by atoms with E-state index >= 15 is 0 Å². The Labute approximate surface area is 164 Å². The zero-order valence-corrected chi connectivity index (χ0v) is 16.2. The summed E-state index contributed by atoms with van der Waals surface area (Å²) in [4.78, 5) is 27.1. The highest BCUT2D eigenvalue weighted by Gasteiger charge is 2.38. The molecule has 0 aromatic heterocycles. The molecule has 1 heterocycles. The van der Waals surface area contributed by atoms with Gasteiger partial charge in [-0.05, 0) is 54.8 Å². The number of hydrogen-bond donors (Lipinski definition) is 1. The van der Waals surface area contributed by atoms with Crippen LogP contribution in [0, 0.1) is 11.2 Å². The quantitative estimate of drug-likeness (QED) is 0.860. The lowest BCUT2D eigenvalue weighted by Gasteiger charge is -2.38. The lowest BCUT2D eigenvalue weighted by atomic mass is 9.79. The van der Waals surface area contributed by atoms with Gasteiger partial charge in [0.05, 0.1) is 7.11 Å². The fourth-order valence-corrected chi connectivity index (χ4v) is 3.34. The number of hydrogen-bond acceptors (Lipinski definition) is 3. The second-order valence-electron chi connectivity index (χ2n) is 7.39. The largest absolute Gasteiger partial charge is 0.497 e. The zero-order valence-electron chi connectivity index (χ0n) is 16.2. The first kappa shape index (κ1) is 19.9. The lowest BCUT2D eigenvalue weighted by Crippen LogP contribution is -2.48. The maximum atomic E-state index is 13.0. The Morgan fingerprint density at radius 2 is 1.68 bits per heavy atom. The van der Waals surface area contributed by atoms with E-state index in [0.29, 0.717) is 43.8 Å². The number of amides is 2. The number of carbonyl (C=O) groups is 2. The molecule has 6 heteroatoms. The molecule has 0 radical (unpaired) electrons. The number of nitrogens with zero attached hydrogens (tertiary/aromatic N) is 1. The highest BCUT2D eigenvalue weighted by molar-refractivity contribution is 5.94. The Hall–Kier alpha value is -2.89. The molecule has 1 fully saturated rings. The number of likely N-dealkylation sites (tertiary alicyclic amines) is 1. The van der Waals surface area contributed by atoms with Crippen molar-refractivity contribution in [2.24, 2.45) is 5.41 Å². The highest BCUT2D eigenvalue weighted by atomic mass is 19.1. The van der Waals surface area contributed by atoms with Crippen LogP contribution in [0.15, 0.2) is 48.5 Å². The van der Waals surface area contributed by atoms with Crippen LogP contribution in [0.2, 0.25) is 0 Å². The Balaban J connectivity index is 1.54. The third-order valence-electron chi connectivity index (χ3n) is 5.41. The Morgan fingerprint density at radius 1 is 1.07 bits per heavy atom. The monoisotopic (exact) mass is 384 g/mol. The number of rotatable bonds is 5. The molecule has 0 saturated carbocycles. The number of halogens is 1. The van der Waals surface area contributed by atoms with E-state index < -0.39 is 5.41 Å². The van der Waals surface area contributed by atoms with E-state index in [9.17, 15) is 14.0 Å². The van der Waals surface area contributed by atoms with E-state index in [0.717, 1.165) is 5.56 Å². The Kier molecular flexibility index (Phi) is 5.97. The van der Waals surface area contributed by atoms with Gasteiger partial charge in [0, 0.05) is 30.6 Å². The van der Waals surface area contributed by atoms with Crippen LogP contribution in [-0.4, -0.2) is 36.9 Å². The highest BCUT2D eigenvalue weighted by Crippen LogP contribution is 2.32. The van der Waals surface area contributed by atoms with E-state index in [1.54, 1.807) is 48.4 Å². The van der Waals surface area contributed by atoms with Gasteiger partial charge in [-0.15, -0.1) is 0 Å². The van der Waals surface area contributed by atoms with Gasteiger partial charge >= 0.3 is 0 Å². The van der Waals surface area contributed by atoms with Gasteiger partial charge in [0.1, 0.15) is 11.6 Å². The van der Waals surface area contributed by atoms with Crippen molar-refractivity contribution >= 4 is 11.8 Å². The Bertz CT molecular complexity index is 826. The molecule has 1 aliphatic rings. The standard InChI is InChI=1S/C22H25FN2O3/c1-22(21(27)24-15-16-3-7-18(23)8-4-16)11-13-25(14-12-22)20(26)17-5-9-19(28-2)10-6-17/h3-10H,11-15H2,1-2H3,(H,24,27). The number of ether oxygens (including phenoxy) is 1. The number of piperidine rings is 1. The molecule has 2 aromatic carbocycles. The van der Waals surface area contributed by atoms with Gasteiger partial charge in [-0.25, -0.2) is 4.39 Å². The first-order valence-electron chi connectivity index (χ1n) is 9.37. The third kappa shape index (κ3) is 4.50. The molecule has 0 spiro atoms. The van der Waals surface area contributed by atoms with Crippen LogP contribution in [-0.2, 0) is 11.3 Å². The van der Waals surface area contributed by atoms with Crippen molar-refractivity contribution in [1.29, 1.82) is 0 Å². The van der Waals surface area contributed by atoms with Crippen molar-refractivity contribution < 1.29 is 18.7 Å². The van der Waals surface area contributed by atoms with E-state index in [4.69, 9.17) is 4.74 Å².